The monoisotopic (exact) mass is 226 g/mol. The molecule has 0 bridgehead atoms. The van der Waals surface area contributed by atoms with Gasteiger partial charge in [0.15, 0.2) is 0 Å². The van der Waals surface area contributed by atoms with Gasteiger partial charge in [-0.25, -0.2) is 0 Å². The summed E-state index contributed by atoms with van der Waals surface area (Å²) in [6.07, 6.45) is 1.69. The summed E-state index contributed by atoms with van der Waals surface area (Å²) >= 11 is 12.0. The molecule has 0 spiro atoms. The van der Waals surface area contributed by atoms with Crippen LogP contribution in [0.15, 0.2) is 24.4 Å². The van der Waals surface area contributed by atoms with Gasteiger partial charge < -0.3 is 0 Å². The van der Waals surface area contributed by atoms with Crippen LogP contribution in [-0.4, -0.2) is 10.2 Å². The number of hydrogen-bond acceptors (Lipinski definition) is 1. The van der Waals surface area contributed by atoms with Crippen LogP contribution in [0.2, 0.25) is 10.0 Å². The molecule has 1 aromatic heterocycles. The minimum Gasteiger partial charge on any atom is -0.278 e. The molecule has 0 aliphatic carbocycles. The Morgan fingerprint density at radius 3 is 2.36 bits per heavy atom. The lowest BCUT2D eigenvalue weighted by molar-refractivity contribution is 1.09. The van der Waals surface area contributed by atoms with Crippen molar-refractivity contribution in [3.8, 4) is 11.3 Å². The third-order valence-electron chi connectivity index (χ3n) is 2.09. The molecule has 2 nitrogen and oxygen atoms in total. The number of halogens is 2. The van der Waals surface area contributed by atoms with E-state index in [1.54, 1.807) is 6.20 Å². The highest BCUT2D eigenvalue weighted by atomic mass is 35.5. The topological polar surface area (TPSA) is 28.7 Å². The minimum atomic E-state index is 0.669. The molecule has 14 heavy (non-hydrogen) atoms. The van der Waals surface area contributed by atoms with Gasteiger partial charge in [0.25, 0.3) is 0 Å². The second kappa shape index (κ2) is 3.64. The van der Waals surface area contributed by atoms with Crippen molar-refractivity contribution >= 4 is 23.2 Å². The molecule has 0 aliphatic rings. The van der Waals surface area contributed by atoms with Gasteiger partial charge in [0.2, 0.25) is 0 Å². The third kappa shape index (κ3) is 1.63. The van der Waals surface area contributed by atoms with Gasteiger partial charge in [-0.1, -0.05) is 23.2 Å². The summed E-state index contributed by atoms with van der Waals surface area (Å²) in [6, 6.07) is 5.61. The Hall–Kier alpha value is -0.990. The number of hydrogen-bond donors (Lipinski definition) is 1. The van der Waals surface area contributed by atoms with Crippen LogP contribution in [0.25, 0.3) is 11.3 Å². The summed E-state index contributed by atoms with van der Waals surface area (Å²) < 4.78 is 0. The summed E-state index contributed by atoms with van der Waals surface area (Å²) in [4.78, 5) is 0. The number of nitrogens with one attached hydrogen (secondary N) is 1. The smallest absolute Gasteiger partial charge is 0.0651 e. The van der Waals surface area contributed by atoms with Crippen LogP contribution in [0.3, 0.4) is 0 Å². The first kappa shape index (κ1) is 9.56. The molecule has 0 saturated heterocycles. The molecule has 1 N–H and O–H groups in total. The Bertz CT molecular complexity index is 426. The summed E-state index contributed by atoms with van der Waals surface area (Å²) in [5.74, 6) is 0. The molecule has 2 rings (SSSR count). The number of H-pyrrole nitrogens is 1. The summed E-state index contributed by atoms with van der Waals surface area (Å²) in [5, 5.41) is 8.07. The zero-order chi connectivity index (χ0) is 10.1. The van der Waals surface area contributed by atoms with Gasteiger partial charge in [-0.3, -0.25) is 5.10 Å². The fraction of sp³-hybridized carbons (Fsp3) is 0.100. The molecule has 72 valence electrons. The molecule has 1 heterocycles. The first-order chi connectivity index (χ1) is 6.68. The second-order valence-corrected chi connectivity index (χ2v) is 3.85. The van der Waals surface area contributed by atoms with Crippen LogP contribution in [0.5, 0.6) is 0 Å². The molecule has 2 aromatic rings. The second-order valence-electron chi connectivity index (χ2n) is 3.04. The Morgan fingerprint density at radius 1 is 1.21 bits per heavy atom. The molecule has 0 atom stereocenters. The van der Waals surface area contributed by atoms with Crippen molar-refractivity contribution in [3.05, 3.63) is 40.0 Å². The van der Waals surface area contributed by atoms with E-state index in [9.17, 15) is 0 Å². The van der Waals surface area contributed by atoms with Crippen molar-refractivity contribution in [2.24, 2.45) is 0 Å². The Balaban J connectivity index is 2.57. The molecule has 0 fully saturated rings. The van der Waals surface area contributed by atoms with Gasteiger partial charge in [0.1, 0.15) is 0 Å². The van der Waals surface area contributed by atoms with Crippen molar-refractivity contribution in [3.63, 3.8) is 0 Å². The highest BCUT2D eigenvalue weighted by molar-refractivity contribution is 6.36. The fourth-order valence-electron chi connectivity index (χ4n) is 1.22. The predicted molar refractivity (Wildman–Crippen MR) is 58.8 cm³/mol. The maximum absolute atomic E-state index is 6.02. The summed E-state index contributed by atoms with van der Waals surface area (Å²) in [7, 11) is 0. The largest absolute Gasteiger partial charge is 0.278 e. The molecule has 0 amide bonds. The molecule has 0 saturated carbocycles. The van der Waals surface area contributed by atoms with Crippen molar-refractivity contribution < 1.29 is 0 Å². The van der Waals surface area contributed by atoms with E-state index in [0.29, 0.717) is 10.0 Å². The average Bonchev–Trinajstić information content (AvgIpc) is 2.66. The first-order valence-electron chi connectivity index (χ1n) is 4.14. The number of rotatable bonds is 1. The molecule has 0 aliphatic heterocycles. The van der Waals surface area contributed by atoms with E-state index >= 15 is 0 Å². The summed E-state index contributed by atoms with van der Waals surface area (Å²) in [6.45, 7) is 1.89. The van der Waals surface area contributed by atoms with E-state index in [1.807, 2.05) is 25.1 Å². The van der Waals surface area contributed by atoms with Crippen LogP contribution in [0.4, 0.5) is 0 Å². The van der Waals surface area contributed by atoms with E-state index < -0.39 is 0 Å². The molecule has 0 unspecified atom stereocenters. The van der Waals surface area contributed by atoms with Gasteiger partial charge >= 0.3 is 0 Å². The average molecular weight is 227 g/mol. The Morgan fingerprint density at radius 2 is 1.86 bits per heavy atom. The zero-order valence-corrected chi connectivity index (χ0v) is 9.02. The van der Waals surface area contributed by atoms with Crippen LogP contribution in [0, 0.1) is 6.92 Å². The third-order valence-corrected chi connectivity index (χ3v) is 2.88. The van der Waals surface area contributed by atoms with E-state index in [0.717, 1.165) is 16.8 Å². The number of aromatic nitrogens is 2. The predicted octanol–water partition coefficient (Wildman–Crippen LogP) is 3.69. The minimum absolute atomic E-state index is 0.669. The summed E-state index contributed by atoms with van der Waals surface area (Å²) in [5.41, 5.74) is 2.76. The SMILES string of the molecule is Cc1c(Cl)cc(-c2ccn[nH]2)cc1Cl. The number of benzene rings is 1. The molecular weight excluding hydrogens is 219 g/mol. The lowest BCUT2D eigenvalue weighted by Crippen LogP contribution is -1.83. The van der Waals surface area contributed by atoms with Crippen molar-refractivity contribution in [1.29, 1.82) is 0 Å². The van der Waals surface area contributed by atoms with Crippen molar-refractivity contribution in [1.82, 2.24) is 10.2 Å². The van der Waals surface area contributed by atoms with Crippen LogP contribution in [-0.2, 0) is 0 Å². The molecule has 0 radical (unpaired) electrons. The van der Waals surface area contributed by atoms with E-state index in [-0.39, 0.29) is 0 Å². The standard InChI is InChI=1S/C10H8Cl2N2/c1-6-8(11)4-7(5-9(6)12)10-2-3-13-14-10/h2-5H,1H3,(H,13,14). The Kier molecular flexibility index (Phi) is 2.48. The van der Waals surface area contributed by atoms with Crippen LogP contribution < -0.4 is 0 Å². The zero-order valence-electron chi connectivity index (χ0n) is 7.51. The van der Waals surface area contributed by atoms with Crippen molar-refractivity contribution in [2.45, 2.75) is 6.92 Å². The number of aromatic amines is 1. The van der Waals surface area contributed by atoms with Gasteiger partial charge in [-0.05, 0) is 30.7 Å². The van der Waals surface area contributed by atoms with E-state index in [4.69, 9.17) is 23.2 Å². The highest BCUT2D eigenvalue weighted by Crippen LogP contribution is 2.29. The normalized spacial score (nSPS) is 10.5. The first-order valence-corrected chi connectivity index (χ1v) is 4.89. The van der Waals surface area contributed by atoms with Gasteiger partial charge in [-0.15, -0.1) is 0 Å². The van der Waals surface area contributed by atoms with Crippen LogP contribution in [0.1, 0.15) is 5.56 Å². The van der Waals surface area contributed by atoms with Gasteiger partial charge in [-0.2, -0.15) is 5.10 Å². The number of nitrogens with zero attached hydrogens (tertiary/aromatic N) is 1. The lowest BCUT2D eigenvalue weighted by atomic mass is 10.1. The maximum atomic E-state index is 6.02. The quantitative estimate of drug-likeness (QED) is 0.790. The van der Waals surface area contributed by atoms with Crippen molar-refractivity contribution in [2.75, 3.05) is 0 Å². The molecule has 1 aromatic carbocycles. The molecular formula is C10H8Cl2N2. The fourth-order valence-corrected chi connectivity index (χ4v) is 1.70. The van der Waals surface area contributed by atoms with E-state index in [2.05, 4.69) is 10.2 Å². The lowest BCUT2D eigenvalue weighted by Gasteiger charge is -2.04. The van der Waals surface area contributed by atoms with Gasteiger partial charge in [0.05, 0.1) is 5.69 Å². The van der Waals surface area contributed by atoms with Crippen LogP contribution >= 0.6 is 23.2 Å². The molecule has 4 heteroatoms. The maximum Gasteiger partial charge on any atom is 0.0651 e. The highest BCUT2D eigenvalue weighted by Gasteiger charge is 2.06. The van der Waals surface area contributed by atoms with Gasteiger partial charge in [0, 0.05) is 21.8 Å². The Labute approximate surface area is 91.9 Å². The van der Waals surface area contributed by atoms with E-state index in [1.165, 1.54) is 0 Å².